The third kappa shape index (κ3) is 7.02. The van der Waals surface area contributed by atoms with E-state index in [0.717, 1.165) is 16.8 Å². The van der Waals surface area contributed by atoms with E-state index < -0.39 is 0 Å². The maximum atomic E-state index is 12.5. The lowest BCUT2D eigenvalue weighted by molar-refractivity contribution is -0.129. The number of nitrogens with one attached hydrogen (secondary N) is 1. The SMILES string of the molecule is COc1cc(/C=C/C(=O)N(C)CC(=O)Nc2c(C)cccc2C)cc(Cl)c1OCC(C)C. The summed E-state index contributed by atoms with van der Waals surface area (Å²) in [6.45, 7) is 8.39. The van der Waals surface area contributed by atoms with Gasteiger partial charge in [0.2, 0.25) is 11.8 Å². The van der Waals surface area contributed by atoms with Gasteiger partial charge in [0.15, 0.2) is 11.5 Å². The van der Waals surface area contributed by atoms with E-state index in [1.807, 2.05) is 45.9 Å². The number of halogens is 1. The summed E-state index contributed by atoms with van der Waals surface area (Å²) in [6.07, 6.45) is 3.02. The summed E-state index contributed by atoms with van der Waals surface area (Å²) in [4.78, 5) is 26.2. The first-order valence-corrected chi connectivity index (χ1v) is 10.8. The number of carbonyl (C=O) groups is 2. The maximum absolute atomic E-state index is 12.5. The summed E-state index contributed by atoms with van der Waals surface area (Å²) < 4.78 is 11.1. The quantitative estimate of drug-likeness (QED) is 0.530. The van der Waals surface area contributed by atoms with Crippen molar-refractivity contribution in [3.05, 3.63) is 58.1 Å². The number of likely N-dealkylation sites (N-methyl/N-ethyl adjacent to an activating group) is 1. The summed E-state index contributed by atoms with van der Waals surface area (Å²) in [5, 5.41) is 3.28. The number of ether oxygens (including phenoxy) is 2. The van der Waals surface area contributed by atoms with Crippen molar-refractivity contribution in [2.24, 2.45) is 5.92 Å². The van der Waals surface area contributed by atoms with Crippen LogP contribution in [0.15, 0.2) is 36.4 Å². The minimum Gasteiger partial charge on any atom is -0.493 e. The number of aryl methyl sites for hydroxylation is 2. The van der Waals surface area contributed by atoms with Gasteiger partial charge in [0.1, 0.15) is 0 Å². The molecule has 0 fully saturated rings. The van der Waals surface area contributed by atoms with Crippen molar-refractivity contribution in [2.75, 3.05) is 32.6 Å². The van der Waals surface area contributed by atoms with Gasteiger partial charge < -0.3 is 19.7 Å². The molecule has 1 N–H and O–H groups in total. The normalized spacial score (nSPS) is 11.0. The molecule has 0 spiro atoms. The Morgan fingerprint density at radius 3 is 2.44 bits per heavy atom. The van der Waals surface area contributed by atoms with Crippen LogP contribution in [-0.4, -0.2) is 44.0 Å². The lowest BCUT2D eigenvalue weighted by Gasteiger charge is -2.17. The van der Waals surface area contributed by atoms with Crippen molar-refractivity contribution < 1.29 is 19.1 Å². The Morgan fingerprint density at radius 1 is 1.19 bits per heavy atom. The van der Waals surface area contributed by atoms with Gasteiger partial charge in [-0.3, -0.25) is 9.59 Å². The summed E-state index contributed by atoms with van der Waals surface area (Å²) in [5.41, 5.74) is 3.40. The van der Waals surface area contributed by atoms with Crippen LogP contribution in [0.25, 0.3) is 6.08 Å². The van der Waals surface area contributed by atoms with E-state index in [1.54, 1.807) is 25.3 Å². The number of methoxy groups -OCH3 is 1. The van der Waals surface area contributed by atoms with Crippen LogP contribution in [0.2, 0.25) is 5.02 Å². The number of anilines is 1. The van der Waals surface area contributed by atoms with E-state index in [4.69, 9.17) is 21.1 Å². The Hall–Kier alpha value is -2.99. The summed E-state index contributed by atoms with van der Waals surface area (Å²) in [5.74, 6) is 0.744. The molecule has 7 heteroatoms. The number of hydrogen-bond donors (Lipinski definition) is 1. The highest BCUT2D eigenvalue weighted by molar-refractivity contribution is 6.32. The van der Waals surface area contributed by atoms with E-state index in [0.29, 0.717) is 34.6 Å². The second-order valence-electron chi connectivity index (χ2n) is 8.08. The molecule has 0 radical (unpaired) electrons. The molecule has 0 saturated heterocycles. The van der Waals surface area contributed by atoms with Crippen molar-refractivity contribution >= 4 is 35.2 Å². The Bertz CT molecular complexity index is 981. The standard InChI is InChI=1S/C25H31ClN2O4/c1-16(2)15-32-25-20(26)12-19(13-21(25)31-6)10-11-23(30)28(5)14-22(29)27-24-17(3)8-7-9-18(24)4/h7-13,16H,14-15H2,1-6H3,(H,27,29)/b11-10+. The molecule has 2 aromatic carbocycles. The predicted octanol–water partition coefficient (Wildman–Crippen LogP) is 5.11. The number of benzene rings is 2. The van der Waals surface area contributed by atoms with E-state index >= 15 is 0 Å². The van der Waals surface area contributed by atoms with E-state index in [9.17, 15) is 9.59 Å². The number of hydrogen-bond acceptors (Lipinski definition) is 4. The van der Waals surface area contributed by atoms with Gasteiger partial charge in [-0.15, -0.1) is 0 Å². The molecule has 2 aromatic rings. The lowest BCUT2D eigenvalue weighted by atomic mass is 10.1. The van der Waals surface area contributed by atoms with Crippen molar-refractivity contribution in [1.29, 1.82) is 0 Å². The molecular formula is C25H31ClN2O4. The van der Waals surface area contributed by atoms with E-state index in [1.165, 1.54) is 18.1 Å². The van der Waals surface area contributed by atoms with Gasteiger partial charge in [0, 0.05) is 18.8 Å². The lowest BCUT2D eigenvalue weighted by Crippen LogP contribution is -2.34. The van der Waals surface area contributed by atoms with Crippen molar-refractivity contribution in [3.8, 4) is 11.5 Å². The first-order chi connectivity index (χ1) is 15.1. The Balaban J connectivity index is 2.04. The second-order valence-corrected chi connectivity index (χ2v) is 8.49. The van der Waals surface area contributed by atoms with Gasteiger partial charge >= 0.3 is 0 Å². The zero-order valence-corrected chi connectivity index (χ0v) is 20.2. The van der Waals surface area contributed by atoms with Gasteiger partial charge in [0.25, 0.3) is 0 Å². The average molecular weight is 459 g/mol. The molecule has 0 heterocycles. The van der Waals surface area contributed by atoms with Crippen LogP contribution < -0.4 is 14.8 Å². The molecular weight excluding hydrogens is 428 g/mol. The molecule has 2 rings (SSSR count). The monoisotopic (exact) mass is 458 g/mol. The van der Waals surface area contributed by atoms with Crippen LogP contribution in [0.3, 0.4) is 0 Å². The third-order valence-electron chi connectivity index (χ3n) is 4.73. The molecule has 0 bridgehead atoms. The summed E-state index contributed by atoms with van der Waals surface area (Å²) in [7, 11) is 3.11. The largest absolute Gasteiger partial charge is 0.493 e. The minimum atomic E-state index is -0.308. The van der Waals surface area contributed by atoms with Crippen LogP contribution in [-0.2, 0) is 9.59 Å². The highest BCUT2D eigenvalue weighted by Crippen LogP contribution is 2.37. The van der Waals surface area contributed by atoms with Gasteiger partial charge in [-0.1, -0.05) is 43.6 Å². The van der Waals surface area contributed by atoms with Crippen LogP contribution in [0.4, 0.5) is 5.69 Å². The zero-order valence-electron chi connectivity index (χ0n) is 19.5. The molecule has 0 aromatic heterocycles. The maximum Gasteiger partial charge on any atom is 0.246 e. The molecule has 0 atom stereocenters. The molecule has 0 unspecified atom stereocenters. The predicted molar refractivity (Wildman–Crippen MR) is 130 cm³/mol. The van der Waals surface area contributed by atoms with Gasteiger partial charge in [-0.05, 0) is 54.7 Å². The number of para-hydroxylation sites is 1. The molecule has 0 saturated carbocycles. The minimum absolute atomic E-state index is 0.0665. The fraction of sp³-hybridized carbons (Fsp3) is 0.360. The second kappa shape index (κ2) is 11.6. The Morgan fingerprint density at radius 2 is 1.84 bits per heavy atom. The van der Waals surface area contributed by atoms with E-state index in [-0.39, 0.29) is 18.4 Å². The molecule has 32 heavy (non-hydrogen) atoms. The smallest absolute Gasteiger partial charge is 0.246 e. The molecule has 6 nitrogen and oxygen atoms in total. The Kier molecular flexibility index (Phi) is 9.14. The highest BCUT2D eigenvalue weighted by Gasteiger charge is 2.14. The van der Waals surface area contributed by atoms with Crippen LogP contribution in [0.5, 0.6) is 11.5 Å². The highest BCUT2D eigenvalue weighted by atomic mass is 35.5. The first-order valence-electron chi connectivity index (χ1n) is 10.4. The van der Waals surface area contributed by atoms with Crippen LogP contribution in [0, 0.1) is 19.8 Å². The molecule has 2 amide bonds. The number of amides is 2. The van der Waals surface area contributed by atoms with Crippen LogP contribution in [0.1, 0.15) is 30.5 Å². The fourth-order valence-electron chi connectivity index (χ4n) is 3.00. The molecule has 172 valence electrons. The van der Waals surface area contributed by atoms with Gasteiger partial charge in [-0.25, -0.2) is 0 Å². The summed E-state index contributed by atoms with van der Waals surface area (Å²) >= 11 is 6.36. The molecule has 0 aliphatic rings. The van der Waals surface area contributed by atoms with Crippen molar-refractivity contribution in [3.63, 3.8) is 0 Å². The van der Waals surface area contributed by atoms with Crippen molar-refractivity contribution in [1.82, 2.24) is 4.90 Å². The van der Waals surface area contributed by atoms with Crippen LogP contribution >= 0.6 is 11.6 Å². The number of carbonyl (C=O) groups excluding carboxylic acids is 2. The fourth-order valence-corrected chi connectivity index (χ4v) is 3.28. The van der Waals surface area contributed by atoms with E-state index in [2.05, 4.69) is 5.32 Å². The van der Waals surface area contributed by atoms with Gasteiger partial charge in [-0.2, -0.15) is 0 Å². The Labute approximate surface area is 195 Å². The molecule has 0 aliphatic carbocycles. The van der Waals surface area contributed by atoms with Gasteiger partial charge in [0.05, 0.1) is 25.3 Å². The topological polar surface area (TPSA) is 67.9 Å². The first kappa shape index (κ1) is 25.3. The van der Waals surface area contributed by atoms with Crippen molar-refractivity contribution in [2.45, 2.75) is 27.7 Å². The summed E-state index contributed by atoms with van der Waals surface area (Å²) in [6, 6.07) is 9.25. The number of rotatable bonds is 9. The zero-order chi connectivity index (χ0) is 23.8. The third-order valence-corrected chi connectivity index (χ3v) is 5.01. The molecule has 0 aliphatic heterocycles. The number of nitrogens with zero attached hydrogens (tertiary/aromatic N) is 1. The average Bonchev–Trinajstić information content (AvgIpc) is 2.73.